The minimum atomic E-state index is -0.345. The molecule has 0 saturated heterocycles. The lowest BCUT2D eigenvalue weighted by molar-refractivity contribution is 0.0945. The Bertz CT molecular complexity index is 1500. The van der Waals surface area contributed by atoms with Crippen LogP contribution in [-0.4, -0.2) is 22.2 Å². The van der Waals surface area contributed by atoms with E-state index in [1.807, 2.05) is 36.4 Å². The van der Waals surface area contributed by atoms with E-state index in [0.717, 1.165) is 0 Å². The molecule has 38 heavy (non-hydrogen) atoms. The van der Waals surface area contributed by atoms with Gasteiger partial charge in [-0.1, -0.05) is 83.9 Å². The van der Waals surface area contributed by atoms with Gasteiger partial charge in [0, 0.05) is 18.0 Å². The molecular weight excluding hydrogens is 520 g/mol. The second kappa shape index (κ2) is 11.6. The summed E-state index contributed by atoms with van der Waals surface area (Å²) in [5, 5.41) is 8.46. The summed E-state index contributed by atoms with van der Waals surface area (Å²) in [5.41, 5.74) is 4.52. The average Bonchev–Trinajstić information content (AvgIpc) is 3.39. The van der Waals surface area contributed by atoms with Crippen molar-refractivity contribution < 1.29 is 9.18 Å². The van der Waals surface area contributed by atoms with Crippen LogP contribution in [0.3, 0.4) is 0 Å². The highest BCUT2D eigenvalue weighted by Gasteiger charge is 2.20. The van der Waals surface area contributed by atoms with Crippen molar-refractivity contribution in [1.29, 1.82) is 0 Å². The molecule has 0 atom stereocenters. The van der Waals surface area contributed by atoms with E-state index in [-0.39, 0.29) is 17.6 Å². The van der Waals surface area contributed by atoms with Gasteiger partial charge in [-0.25, -0.2) is 9.07 Å². The van der Waals surface area contributed by atoms with Crippen LogP contribution in [0.1, 0.15) is 34.0 Å². The van der Waals surface area contributed by atoms with Gasteiger partial charge in [-0.15, -0.1) is 0 Å². The maximum Gasteiger partial charge on any atom is 0.270 e. The molecule has 0 unspecified atom stereocenters. The Morgan fingerprint density at radius 3 is 2.05 bits per heavy atom. The fraction of sp³-hybridized carbons (Fsp3) is 0.0968. The van der Waals surface area contributed by atoms with Gasteiger partial charge in [0.2, 0.25) is 0 Å². The van der Waals surface area contributed by atoms with Gasteiger partial charge < -0.3 is 5.32 Å². The van der Waals surface area contributed by atoms with E-state index in [1.165, 1.54) is 27.9 Å². The molecule has 0 radical (unpaired) electrons. The molecule has 7 heteroatoms. The molecule has 0 aliphatic carbocycles. The topological polar surface area (TPSA) is 46.9 Å². The third kappa shape index (κ3) is 5.80. The monoisotopic (exact) mass is 543 g/mol. The number of nitrogens with one attached hydrogen (secondary N) is 1. The zero-order valence-corrected chi connectivity index (χ0v) is 21.8. The Kier molecular flexibility index (Phi) is 7.87. The second-order valence-corrected chi connectivity index (χ2v) is 9.66. The normalized spacial score (nSPS) is 11.1. The SMILES string of the molecule is O=C(NCCC(c1ccccc1)c1ccccc1)c1cc(-c2ccc(F)cc2)nn1-c1ccc(Cl)c(Cl)c1. The number of aromatic nitrogens is 2. The van der Waals surface area contributed by atoms with Crippen molar-refractivity contribution in [2.24, 2.45) is 0 Å². The molecule has 5 aromatic rings. The van der Waals surface area contributed by atoms with Crippen LogP contribution in [0.25, 0.3) is 16.9 Å². The van der Waals surface area contributed by atoms with E-state index in [2.05, 4.69) is 34.7 Å². The first-order chi connectivity index (χ1) is 18.5. The summed E-state index contributed by atoms with van der Waals surface area (Å²) in [6.45, 7) is 0.450. The number of carbonyl (C=O) groups is 1. The van der Waals surface area contributed by atoms with Crippen molar-refractivity contribution in [2.45, 2.75) is 12.3 Å². The maximum absolute atomic E-state index is 13.5. The third-order valence-electron chi connectivity index (χ3n) is 6.35. The number of amides is 1. The summed E-state index contributed by atoms with van der Waals surface area (Å²) in [5.74, 6) is -0.494. The molecule has 4 aromatic carbocycles. The zero-order valence-electron chi connectivity index (χ0n) is 20.3. The number of carbonyl (C=O) groups excluding carboxylic acids is 1. The van der Waals surface area contributed by atoms with Crippen molar-refractivity contribution in [2.75, 3.05) is 6.54 Å². The predicted octanol–water partition coefficient (Wildman–Crippen LogP) is 7.94. The van der Waals surface area contributed by atoms with Gasteiger partial charge in [0.25, 0.3) is 5.91 Å². The first kappa shape index (κ1) is 25.7. The third-order valence-corrected chi connectivity index (χ3v) is 7.09. The maximum atomic E-state index is 13.5. The molecule has 1 aromatic heterocycles. The number of hydrogen-bond acceptors (Lipinski definition) is 2. The molecule has 1 amide bonds. The zero-order chi connectivity index (χ0) is 26.5. The van der Waals surface area contributed by atoms with Crippen LogP contribution < -0.4 is 5.32 Å². The summed E-state index contributed by atoms with van der Waals surface area (Å²) < 4.78 is 15.0. The van der Waals surface area contributed by atoms with Gasteiger partial charge in [0.1, 0.15) is 11.5 Å². The van der Waals surface area contributed by atoms with E-state index in [9.17, 15) is 9.18 Å². The van der Waals surface area contributed by atoms with Gasteiger partial charge >= 0.3 is 0 Å². The summed E-state index contributed by atoms with van der Waals surface area (Å²) >= 11 is 12.4. The van der Waals surface area contributed by atoms with Crippen LogP contribution in [0.2, 0.25) is 10.0 Å². The summed E-state index contributed by atoms with van der Waals surface area (Å²) in [6.07, 6.45) is 0.714. The molecule has 5 rings (SSSR count). The largest absolute Gasteiger partial charge is 0.351 e. The van der Waals surface area contributed by atoms with E-state index in [4.69, 9.17) is 23.2 Å². The quantitative estimate of drug-likeness (QED) is 0.216. The van der Waals surface area contributed by atoms with Crippen LogP contribution in [0.5, 0.6) is 0 Å². The first-order valence-electron chi connectivity index (χ1n) is 12.2. The van der Waals surface area contributed by atoms with E-state index < -0.39 is 0 Å². The predicted molar refractivity (Wildman–Crippen MR) is 151 cm³/mol. The summed E-state index contributed by atoms with van der Waals surface area (Å²) in [4.78, 5) is 13.5. The molecule has 0 aliphatic heterocycles. The van der Waals surface area contributed by atoms with E-state index in [1.54, 1.807) is 36.4 Å². The number of benzene rings is 4. The van der Waals surface area contributed by atoms with Crippen LogP contribution in [0, 0.1) is 5.82 Å². The van der Waals surface area contributed by atoms with Crippen LogP contribution in [0.4, 0.5) is 4.39 Å². The van der Waals surface area contributed by atoms with Gasteiger partial charge in [0.05, 0.1) is 21.4 Å². The minimum Gasteiger partial charge on any atom is -0.351 e. The van der Waals surface area contributed by atoms with Crippen molar-refractivity contribution in [3.63, 3.8) is 0 Å². The molecule has 190 valence electrons. The van der Waals surface area contributed by atoms with E-state index >= 15 is 0 Å². The number of halogens is 3. The van der Waals surface area contributed by atoms with Crippen molar-refractivity contribution in [1.82, 2.24) is 15.1 Å². The fourth-order valence-electron chi connectivity index (χ4n) is 4.44. The van der Waals surface area contributed by atoms with Crippen LogP contribution >= 0.6 is 23.2 Å². The number of rotatable bonds is 8. The molecule has 4 nitrogen and oxygen atoms in total. The lowest BCUT2D eigenvalue weighted by atomic mass is 9.88. The molecule has 0 fully saturated rings. The van der Waals surface area contributed by atoms with Crippen molar-refractivity contribution >= 4 is 29.1 Å². The van der Waals surface area contributed by atoms with Crippen molar-refractivity contribution in [3.05, 3.63) is 142 Å². The summed E-state index contributed by atoms with van der Waals surface area (Å²) in [6, 6.07) is 33.2. The highest BCUT2D eigenvalue weighted by molar-refractivity contribution is 6.42. The lowest BCUT2D eigenvalue weighted by Gasteiger charge is -2.18. The molecule has 0 spiro atoms. The fourth-order valence-corrected chi connectivity index (χ4v) is 4.73. The number of hydrogen-bond donors (Lipinski definition) is 1. The number of nitrogens with zero attached hydrogens (tertiary/aromatic N) is 2. The molecule has 0 aliphatic rings. The molecule has 1 heterocycles. The highest BCUT2D eigenvalue weighted by atomic mass is 35.5. The molecule has 0 bridgehead atoms. The average molecular weight is 544 g/mol. The Balaban J connectivity index is 1.41. The second-order valence-electron chi connectivity index (χ2n) is 8.85. The minimum absolute atomic E-state index is 0.132. The van der Waals surface area contributed by atoms with E-state index in [0.29, 0.717) is 45.6 Å². The highest BCUT2D eigenvalue weighted by Crippen LogP contribution is 2.29. The Hall–Kier alpha value is -3.93. The molecular formula is C31H24Cl2FN3O. The van der Waals surface area contributed by atoms with Gasteiger partial charge in [-0.3, -0.25) is 4.79 Å². The Morgan fingerprint density at radius 1 is 0.816 bits per heavy atom. The van der Waals surface area contributed by atoms with Crippen molar-refractivity contribution in [3.8, 4) is 16.9 Å². The van der Waals surface area contributed by atoms with Gasteiger partial charge in [0.15, 0.2) is 0 Å². The van der Waals surface area contributed by atoms with Crippen LogP contribution in [-0.2, 0) is 0 Å². The smallest absolute Gasteiger partial charge is 0.270 e. The van der Waals surface area contributed by atoms with Gasteiger partial charge in [-0.05, 0) is 66.1 Å². The summed E-state index contributed by atoms with van der Waals surface area (Å²) in [7, 11) is 0. The lowest BCUT2D eigenvalue weighted by Crippen LogP contribution is -2.28. The molecule has 0 saturated carbocycles. The first-order valence-corrected chi connectivity index (χ1v) is 12.9. The Morgan fingerprint density at radius 2 is 1.45 bits per heavy atom. The van der Waals surface area contributed by atoms with Crippen LogP contribution in [0.15, 0.2) is 109 Å². The molecule has 1 N–H and O–H groups in total. The standard InChI is InChI=1S/C31H24Cl2FN3O/c32-27-16-15-25(19-28(27)33)37-30(20-29(36-37)23-11-13-24(34)14-12-23)31(38)35-18-17-26(21-7-3-1-4-8-21)22-9-5-2-6-10-22/h1-16,19-20,26H,17-18H2,(H,35,38). The Labute approximate surface area is 230 Å². The van der Waals surface area contributed by atoms with Gasteiger partial charge in [-0.2, -0.15) is 5.10 Å².